The summed E-state index contributed by atoms with van der Waals surface area (Å²) in [7, 11) is -9.09. The van der Waals surface area contributed by atoms with E-state index < -0.39 is 46.3 Å². The Morgan fingerprint density at radius 3 is 2.20 bits per heavy atom. The van der Waals surface area contributed by atoms with Gasteiger partial charge in [-0.25, -0.2) is 16.8 Å². The molecule has 2 rings (SSSR count). The summed E-state index contributed by atoms with van der Waals surface area (Å²) in [5.41, 5.74) is -1.03. The van der Waals surface area contributed by atoms with Crippen LogP contribution in [0, 0.1) is 10.1 Å². The minimum Gasteiger partial charge on any atom is -0.744 e. The van der Waals surface area contributed by atoms with Crippen LogP contribution in [0.25, 0.3) is 0 Å². The van der Waals surface area contributed by atoms with Crippen LogP contribution in [-0.2, 0) is 20.1 Å². The Hall–Kier alpha value is -1.70. The van der Waals surface area contributed by atoms with E-state index in [1.54, 1.807) is 0 Å². The van der Waals surface area contributed by atoms with Gasteiger partial charge in [-0.2, -0.15) is 0 Å². The number of benzene rings is 2. The molecule has 0 saturated heterocycles. The molecular formula is C12H9N2NaO8S2. The van der Waals surface area contributed by atoms with E-state index >= 15 is 0 Å². The smallest absolute Gasteiger partial charge is 0.744 e. The molecule has 0 aliphatic carbocycles. The number of sulfonamides is 1. The van der Waals surface area contributed by atoms with Gasteiger partial charge in [0.15, 0.2) is 5.75 Å². The van der Waals surface area contributed by atoms with Crippen LogP contribution in [0.15, 0.2) is 52.3 Å². The SMILES string of the molecule is O=[N+]([O-])c1cc(S(=O)(=O)Nc2cccc(S(=O)(=O)[O-])c2)ccc1O.[Na+]. The van der Waals surface area contributed by atoms with Crippen LogP contribution in [0.3, 0.4) is 0 Å². The second-order valence-corrected chi connectivity index (χ2v) is 7.56. The first-order valence-electron chi connectivity index (χ1n) is 6.07. The first-order chi connectivity index (χ1) is 11.0. The van der Waals surface area contributed by atoms with Gasteiger partial charge in [0.05, 0.1) is 20.4 Å². The predicted molar refractivity (Wildman–Crippen MR) is 80.0 cm³/mol. The van der Waals surface area contributed by atoms with Crippen molar-refractivity contribution < 1.29 is 61.0 Å². The van der Waals surface area contributed by atoms with Crippen LogP contribution in [0.1, 0.15) is 0 Å². The molecule has 0 aromatic heterocycles. The summed E-state index contributed by atoms with van der Waals surface area (Å²) in [5.74, 6) is -0.710. The van der Waals surface area contributed by atoms with E-state index in [0.29, 0.717) is 6.07 Å². The molecule has 2 N–H and O–H groups in total. The summed E-state index contributed by atoms with van der Waals surface area (Å²) in [6, 6.07) is 6.57. The van der Waals surface area contributed by atoms with Crippen molar-refractivity contribution in [3.8, 4) is 5.75 Å². The molecule has 0 saturated carbocycles. The van der Waals surface area contributed by atoms with Crippen LogP contribution in [0.4, 0.5) is 11.4 Å². The van der Waals surface area contributed by atoms with Gasteiger partial charge in [0.1, 0.15) is 10.1 Å². The molecule has 25 heavy (non-hydrogen) atoms. The molecular weight excluding hydrogens is 387 g/mol. The largest absolute Gasteiger partial charge is 1.00 e. The van der Waals surface area contributed by atoms with E-state index in [4.69, 9.17) is 0 Å². The molecule has 2 aromatic rings. The zero-order valence-electron chi connectivity index (χ0n) is 12.6. The molecule has 13 heteroatoms. The number of nitro groups is 1. The third-order valence-corrected chi connectivity index (χ3v) is 5.04. The van der Waals surface area contributed by atoms with Crippen molar-refractivity contribution in [3.63, 3.8) is 0 Å². The van der Waals surface area contributed by atoms with E-state index in [9.17, 15) is 36.6 Å². The Labute approximate surface area is 164 Å². The number of rotatable bonds is 5. The van der Waals surface area contributed by atoms with Crippen LogP contribution in [0.2, 0.25) is 0 Å². The van der Waals surface area contributed by atoms with Gasteiger partial charge in [-0.15, -0.1) is 0 Å². The normalized spacial score (nSPS) is 11.4. The monoisotopic (exact) mass is 396 g/mol. The van der Waals surface area contributed by atoms with Gasteiger partial charge in [0, 0.05) is 6.07 Å². The van der Waals surface area contributed by atoms with Gasteiger partial charge >= 0.3 is 35.2 Å². The minimum absolute atomic E-state index is 0. The number of anilines is 1. The van der Waals surface area contributed by atoms with Gasteiger partial charge in [0.2, 0.25) is 0 Å². The number of phenols is 1. The van der Waals surface area contributed by atoms with Gasteiger partial charge in [-0.05, 0) is 30.3 Å². The molecule has 0 radical (unpaired) electrons. The predicted octanol–water partition coefficient (Wildman–Crippen LogP) is -1.99. The molecule has 0 fully saturated rings. The number of nitro benzene ring substituents is 1. The summed E-state index contributed by atoms with van der Waals surface area (Å²) in [5, 5.41) is 20.1. The molecule has 10 nitrogen and oxygen atoms in total. The van der Waals surface area contributed by atoms with Crippen molar-refractivity contribution in [2.75, 3.05) is 4.72 Å². The molecule has 2 aromatic carbocycles. The fourth-order valence-corrected chi connectivity index (χ4v) is 3.33. The van der Waals surface area contributed by atoms with Crippen molar-refractivity contribution in [2.24, 2.45) is 0 Å². The van der Waals surface area contributed by atoms with E-state index in [1.807, 2.05) is 4.72 Å². The van der Waals surface area contributed by atoms with Gasteiger partial charge < -0.3 is 9.66 Å². The zero-order chi connectivity index (χ0) is 18.1. The standard InChI is InChI=1S/C12H10N2O8S2.Na/c15-12-5-4-9(7-11(12)14(16)17)23(18,19)13-8-2-1-3-10(6-8)24(20,21)22;/h1-7,13,15H,(H,20,21,22);/q;+1/p-1. The first-order valence-corrected chi connectivity index (χ1v) is 8.96. The maximum Gasteiger partial charge on any atom is 1.00 e. The number of nitrogens with zero attached hydrogens (tertiary/aromatic N) is 1. The van der Waals surface area contributed by atoms with Gasteiger partial charge in [0.25, 0.3) is 10.0 Å². The zero-order valence-corrected chi connectivity index (χ0v) is 16.2. The van der Waals surface area contributed by atoms with Crippen molar-refractivity contribution in [1.29, 1.82) is 0 Å². The third kappa shape index (κ3) is 5.14. The molecule has 0 spiro atoms. The van der Waals surface area contributed by atoms with Crippen molar-refractivity contribution in [2.45, 2.75) is 9.79 Å². The molecule has 0 atom stereocenters. The number of hydrogen-bond acceptors (Lipinski definition) is 8. The van der Waals surface area contributed by atoms with Crippen molar-refractivity contribution in [3.05, 3.63) is 52.6 Å². The van der Waals surface area contributed by atoms with E-state index in [0.717, 1.165) is 30.3 Å². The van der Waals surface area contributed by atoms with Crippen molar-refractivity contribution in [1.82, 2.24) is 0 Å². The van der Waals surface area contributed by atoms with E-state index in [2.05, 4.69) is 0 Å². The summed E-state index contributed by atoms with van der Waals surface area (Å²) in [6.07, 6.45) is 0. The van der Waals surface area contributed by atoms with Crippen LogP contribution in [0.5, 0.6) is 5.75 Å². The Bertz CT molecular complexity index is 1020. The fraction of sp³-hybridized carbons (Fsp3) is 0. The average Bonchev–Trinajstić information content (AvgIpc) is 2.46. The third-order valence-electron chi connectivity index (χ3n) is 2.83. The maximum atomic E-state index is 12.2. The summed E-state index contributed by atoms with van der Waals surface area (Å²) in [6.45, 7) is 0. The molecule has 0 aliphatic heterocycles. The Morgan fingerprint density at radius 2 is 1.64 bits per heavy atom. The number of nitrogens with one attached hydrogen (secondary N) is 1. The molecule has 0 unspecified atom stereocenters. The topological polar surface area (TPSA) is 167 Å². The Morgan fingerprint density at radius 1 is 1.00 bits per heavy atom. The summed E-state index contributed by atoms with van der Waals surface area (Å²) >= 11 is 0. The molecule has 0 aliphatic rings. The number of hydrogen-bond donors (Lipinski definition) is 2. The first kappa shape index (κ1) is 21.3. The van der Waals surface area contributed by atoms with Crippen LogP contribution >= 0.6 is 0 Å². The number of phenolic OH excluding ortho intramolecular Hbond substituents is 1. The average molecular weight is 396 g/mol. The van der Waals surface area contributed by atoms with Crippen LogP contribution in [-0.4, -0.2) is 31.4 Å². The van der Waals surface area contributed by atoms with Crippen molar-refractivity contribution >= 4 is 31.5 Å². The summed E-state index contributed by atoms with van der Waals surface area (Å²) < 4.78 is 59.2. The van der Waals surface area contributed by atoms with E-state index in [-0.39, 0.29) is 35.2 Å². The Kier molecular flexibility index (Phi) is 6.55. The fourth-order valence-electron chi connectivity index (χ4n) is 1.75. The molecule has 0 bridgehead atoms. The van der Waals surface area contributed by atoms with Gasteiger partial charge in [-0.3, -0.25) is 14.8 Å². The maximum absolute atomic E-state index is 12.2. The minimum atomic E-state index is -4.78. The van der Waals surface area contributed by atoms with Crippen LogP contribution < -0.4 is 34.3 Å². The second kappa shape index (κ2) is 7.68. The molecule has 0 amide bonds. The summed E-state index contributed by atoms with van der Waals surface area (Å²) in [4.78, 5) is 8.62. The number of aromatic hydroxyl groups is 1. The van der Waals surface area contributed by atoms with Gasteiger partial charge in [-0.1, -0.05) is 6.07 Å². The van der Waals surface area contributed by atoms with E-state index in [1.165, 1.54) is 6.07 Å². The molecule has 0 heterocycles. The second-order valence-electron chi connectivity index (χ2n) is 4.50. The quantitative estimate of drug-likeness (QED) is 0.253. The Balaban J connectivity index is 0.00000312. The molecule has 128 valence electrons.